The molecule has 12 heteroatoms. The summed E-state index contributed by atoms with van der Waals surface area (Å²) in [4.78, 5) is 38.2. The average molecular weight is 595 g/mol. The number of para-hydroxylation sites is 2. The molecule has 1 saturated carbocycles. The molecule has 3 aromatic rings. The minimum absolute atomic E-state index is 0.00356. The molecule has 1 aliphatic carbocycles. The molecule has 1 N–H and O–H groups in total. The highest BCUT2D eigenvalue weighted by Gasteiger charge is 2.51. The van der Waals surface area contributed by atoms with Gasteiger partial charge in [0.2, 0.25) is 0 Å². The highest BCUT2D eigenvalue weighted by Crippen LogP contribution is 2.58. The lowest BCUT2D eigenvalue weighted by atomic mass is 9.76. The van der Waals surface area contributed by atoms with Crippen molar-refractivity contribution in [2.24, 2.45) is 5.92 Å². The molecule has 0 aromatic heterocycles. The number of rotatable bonds is 6. The lowest BCUT2D eigenvalue weighted by Crippen LogP contribution is -2.41. The van der Waals surface area contributed by atoms with Gasteiger partial charge in [0.05, 0.1) is 50.6 Å². The Hall–Kier alpha value is -3.67. The Labute approximate surface area is 245 Å². The predicted octanol–water partition coefficient (Wildman–Crippen LogP) is 6.01. The normalized spacial score (nSPS) is 25.1. The molecule has 2 fully saturated rings. The largest absolute Gasteiger partial charge is 0.378 e. The smallest absolute Gasteiger partial charge is 0.282 e. The van der Waals surface area contributed by atoms with Gasteiger partial charge in [-0.05, 0) is 35.6 Å². The SMILES string of the molecule is O=C(c1cccc2c1N[C@H](c1ccc([N+](=O)[O-])cc1)[C@@H]1C[C@H](Sc3ccccc3[N+](=O)[O-])[C@@H](Cl)[C@@H]21)N1CCOCC1. The Bertz CT molecular complexity index is 1500. The van der Waals surface area contributed by atoms with Gasteiger partial charge in [0.1, 0.15) is 0 Å². The van der Waals surface area contributed by atoms with E-state index in [1.165, 1.54) is 30.0 Å². The number of anilines is 1. The van der Waals surface area contributed by atoms with Crippen LogP contribution in [0.3, 0.4) is 0 Å². The third kappa shape index (κ3) is 5.13. The summed E-state index contributed by atoms with van der Waals surface area (Å²) in [7, 11) is 0. The van der Waals surface area contributed by atoms with Gasteiger partial charge in [0, 0.05) is 42.5 Å². The van der Waals surface area contributed by atoms with E-state index in [4.69, 9.17) is 16.3 Å². The summed E-state index contributed by atoms with van der Waals surface area (Å²) in [5.41, 5.74) is 3.10. The summed E-state index contributed by atoms with van der Waals surface area (Å²) in [6.45, 7) is 1.98. The first-order chi connectivity index (χ1) is 19.8. The molecule has 0 radical (unpaired) electrons. The summed E-state index contributed by atoms with van der Waals surface area (Å²) < 4.78 is 5.43. The Morgan fingerprint density at radius 2 is 1.71 bits per heavy atom. The van der Waals surface area contributed by atoms with Crippen LogP contribution in [0.1, 0.15) is 39.9 Å². The number of morpholine rings is 1. The number of nitro benzene ring substituents is 2. The van der Waals surface area contributed by atoms with Gasteiger partial charge >= 0.3 is 0 Å². The maximum absolute atomic E-state index is 13.7. The molecule has 3 aliphatic rings. The van der Waals surface area contributed by atoms with E-state index < -0.39 is 4.92 Å². The van der Waals surface area contributed by atoms with E-state index in [1.807, 2.05) is 18.2 Å². The van der Waals surface area contributed by atoms with Gasteiger partial charge in [0.25, 0.3) is 17.3 Å². The number of benzene rings is 3. The minimum atomic E-state index is -0.431. The van der Waals surface area contributed by atoms with E-state index >= 15 is 0 Å². The summed E-state index contributed by atoms with van der Waals surface area (Å²) in [5.74, 6) is -0.250. The van der Waals surface area contributed by atoms with Gasteiger partial charge in [-0.15, -0.1) is 23.4 Å². The molecule has 212 valence electrons. The Balaban J connectivity index is 1.40. The van der Waals surface area contributed by atoms with Crippen LogP contribution in [0, 0.1) is 26.1 Å². The molecule has 3 aromatic carbocycles. The minimum Gasteiger partial charge on any atom is -0.378 e. The number of fused-ring (bicyclic) bond motifs is 3. The van der Waals surface area contributed by atoms with Crippen LogP contribution in [0.4, 0.5) is 17.1 Å². The van der Waals surface area contributed by atoms with Crippen molar-refractivity contribution in [2.45, 2.75) is 33.9 Å². The van der Waals surface area contributed by atoms with Gasteiger partial charge in [-0.1, -0.05) is 36.4 Å². The maximum atomic E-state index is 13.7. The lowest BCUT2D eigenvalue weighted by Gasteiger charge is -2.39. The topological polar surface area (TPSA) is 128 Å². The van der Waals surface area contributed by atoms with Gasteiger partial charge in [-0.3, -0.25) is 25.0 Å². The van der Waals surface area contributed by atoms with Crippen LogP contribution in [-0.4, -0.2) is 57.6 Å². The van der Waals surface area contributed by atoms with Crippen molar-refractivity contribution in [3.8, 4) is 0 Å². The number of non-ortho nitro benzene ring substituents is 1. The molecule has 0 spiro atoms. The van der Waals surface area contributed by atoms with Gasteiger partial charge in [0.15, 0.2) is 0 Å². The maximum Gasteiger partial charge on any atom is 0.282 e. The summed E-state index contributed by atoms with van der Waals surface area (Å²) in [6, 6.07) is 18.5. The molecule has 1 amide bonds. The summed E-state index contributed by atoms with van der Waals surface area (Å²) >= 11 is 8.65. The second kappa shape index (κ2) is 11.3. The highest BCUT2D eigenvalue weighted by atomic mass is 35.5. The number of nitrogens with one attached hydrogen (secondary N) is 1. The van der Waals surface area contributed by atoms with Gasteiger partial charge in [-0.2, -0.15) is 0 Å². The second-order valence-electron chi connectivity index (χ2n) is 10.4. The van der Waals surface area contributed by atoms with Gasteiger partial charge in [-0.25, -0.2) is 0 Å². The number of alkyl halides is 1. The van der Waals surface area contributed by atoms with Crippen LogP contribution in [0.5, 0.6) is 0 Å². The number of nitrogens with zero attached hydrogens (tertiary/aromatic N) is 3. The van der Waals surface area contributed by atoms with Crippen LogP contribution in [-0.2, 0) is 4.74 Å². The third-order valence-corrected chi connectivity index (χ3v) is 10.3. The molecular weight excluding hydrogens is 568 g/mol. The second-order valence-corrected chi connectivity index (χ2v) is 12.2. The predicted molar refractivity (Wildman–Crippen MR) is 156 cm³/mol. The van der Waals surface area contributed by atoms with Crippen molar-refractivity contribution >= 4 is 46.3 Å². The monoisotopic (exact) mass is 594 g/mol. The van der Waals surface area contributed by atoms with Crippen molar-refractivity contribution in [1.29, 1.82) is 0 Å². The van der Waals surface area contributed by atoms with E-state index in [0.29, 0.717) is 43.2 Å². The van der Waals surface area contributed by atoms with Crippen LogP contribution < -0.4 is 5.32 Å². The quantitative estimate of drug-likeness (QED) is 0.209. The van der Waals surface area contributed by atoms with E-state index in [1.54, 1.807) is 35.2 Å². The summed E-state index contributed by atoms with van der Waals surface area (Å²) in [5, 5.41) is 26.1. The highest BCUT2D eigenvalue weighted by molar-refractivity contribution is 8.00. The van der Waals surface area contributed by atoms with Crippen molar-refractivity contribution in [3.05, 3.63) is 104 Å². The zero-order valence-electron chi connectivity index (χ0n) is 21.9. The number of nitro groups is 2. The van der Waals surface area contributed by atoms with Crippen molar-refractivity contribution in [3.63, 3.8) is 0 Å². The van der Waals surface area contributed by atoms with Crippen LogP contribution in [0.15, 0.2) is 71.6 Å². The van der Waals surface area contributed by atoms with Crippen LogP contribution in [0.2, 0.25) is 0 Å². The molecule has 2 heterocycles. The van der Waals surface area contributed by atoms with E-state index in [0.717, 1.165) is 16.8 Å². The zero-order chi connectivity index (χ0) is 28.7. The van der Waals surface area contributed by atoms with E-state index in [2.05, 4.69) is 5.32 Å². The molecule has 6 rings (SSSR count). The Morgan fingerprint density at radius 1 is 0.976 bits per heavy atom. The molecule has 1 saturated heterocycles. The fourth-order valence-corrected chi connectivity index (χ4v) is 8.21. The number of carbonyl (C=O) groups excluding carboxylic acids is 1. The molecule has 5 atom stereocenters. The fourth-order valence-electron chi connectivity index (χ4n) is 6.26. The lowest BCUT2D eigenvalue weighted by molar-refractivity contribution is -0.387. The van der Waals surface area contributed by atoms with Crippen molar-refractivity contribution < 1.29 is 19.4 Å². The Morgan fingerprint density at radius 3 is 2.41 bits per heavy atom. The molecule has 10 nitrogen and oxygen atoms in total. The first kappa shape index (κ1) is 27.5. The number of hydrogen-bond donors (Lipinski definition) is 1. The number of amides is 1. The van der Waals surface area contributed by atoms with Crippen LogP contribution >= 0.6 is 23.4 Å². The number of ether oxygens (including phenoxy) is 1. The Kier molecular flexibility index (Phi) is 7.58. The number of hydrogen-bond acceptors (Lipinski definition) is 8. The standard InChI is InChI=1S/C29H27ClN4O6S/c30-26-24(41-23-7-2-1-6-22(23)34(38)39)16-21-25(26)19-4-3-5-20(29(35)32-12-14-40-15-13-32)28(19)31-27(21)17-8-10-18(11-9-17)33(36)37/h1-11,21,24-27,31H,12-16H2/t21-,24+,25+,26-,27-/m1/s1. The number of thioether (sulfide) groups is 1. The first-order valence-electron chi connectivity index (χ1n) is 13.4. The number of halogens is 1. The molecule has 0 bridgehead atoms. The zero-order valence-corrected chi connectivity index (χ0v) is 23.4. The van der Waals surface area contributed by atoms with E-state index in [9.17, 15) is 25.0 Å². The fraction of sp³-hybridized carbons (Fsp3) is 0.345. The van der Waals surface area contributed by atoms with Gasteiger partial charge < -0.3 is 15.0 Å². The average Bonchev–Trinajstić information content (AvgIpc) is 3.32. The van der Waals surface area contributed by atoms with Crippen molar-refractivity contribution in [1.82, 2.24) is 4.90 Å². The molecule has 0 unspecified atom stereocenters. The molecule has 41 heavy (non-hydrogen) atoms. The summed E-state index contributed by atoms with van der Waals surface area (Å²) in [6.07, 6.45) is 0.658. The molecule has 2 aliphatic heterocycles. The number of carbonyl (C=O) groups is 1. The third-order valence-electron chi connectivity index (χ3n) is 8.18. The first-order valence-corrected chi connectivity index (χ1v) is 14.7. The van der Waals surface area contributed by atoms with E-state index in [-0.39, 0.29) is 50.7 Å². The van der Waals surface area contributed by atoms with Crippen molar-refractivity contribution in [2.75, 3.05) is 31.6 Å². The van der Waals surface area contributed by atoms with Crippen LogP contribution in [0.25, 0.3) is 0 Å². The molecular formula is C29H27ClN4O6S.